The molecule has 3 aliphatic rings. The molecular weight excluding hydrogens is 514 g/mol. The first-order chi connectivity index (χ1) is 19.1. The Labute approximate surface area is 229 Å². The molecule has 10 nitrogen and oxygen atoms in total. The summed E-state index contributed by atoms with van der Waals surface area (Å²) in [6.07, 6.45) is 3.35. The van der Waals surface area contributed by atoms with E-state index >= 15 is 0 Å². The second-order valence-electron chi connectivity index (χ2n) is 10.7. The first-order valence-electron chi connectivity index (χ1n) is 13.0. The van der Waals surface area contributed by atoms with Gasteiger partial charge in [-0.1, -0.05) is 31.2 Å². The van der Waals surface area contributed by atoms with Crippen molar-refractivity contribution in [2.75, 3.05) is 14.2 Å². The second kappa shape index (κ2) is 8.97. The van der Waals surface area contributed by atoms with Crippen LogP contribution in [0.15, 0.2) is 75.4 Å². The fraction of sp³-hybridized carbons (Fsp3) is 0.333. The maximum Gasteiger partial charge on any atom is 0.352 e. The molecule has 0 spiro atoms. The summed E-state index contributed by atoms with van der Waals surface area (Å²) in [7, 11) is 2.92. The lowest BCUT2D eigenvalue weighted by molar-refractivity contribution is -0.139. The zero-order valence-electron chi connectivity index (χ0n) is 22.6. The van der Waals surface area contributed by atoms with Crippen molar-refractivity contribution < 1.29 is 24.2 Å². The van der Waals surface area contributed by atoms with Crippen LogP contribution < -0.4 is 20.9 Å². The third kappa shape index (κ3) is 3.34. The third-order valence-corrected chi connectivity index (χ3v) is 8.79. The zero-order chi connectivity index (χ0) is 28.5. The third-order valence-electron chi connectivity index (χ3n) is 8.79. The van der Waals surface area contributed by atoms with Gasteiger partial charge in [-0.25, -0.2) is 23.5 Å². The van der Waals surface area contributed by atoms with Crippen molar-refractivity contribution in [2.24, 2.45) is 11.3 Å². The molecule has 2 aliphatic carbocycles. The first-order valence-corrected chi connectivity index (χ1v) is 13.0. The fourth-order valence-corrected chi connectivity index (χ4v) is 6.81. The van der Waals surface area contributed by atoms with E-state index < -0.39 is 34.7 Å². The monoisotopic (exact) mass is 543 g/mol. The van der Waals surface area contributed by atoms with E-state index in [-0.39, 0.29) is 36.0 Å². The van der Waals surface area contributed by atoms with Crippen LogP contribution in [0.25, 0.3) is 5.69 Å². The molecular formula is C30H29N3O7. The summed E-state index contributed by atoms with van der Waals surface area (Å²) in [6, 6.07) is 11.0. The minimum Gasteiger partial charge on any atom is -0.507 e. The van der Waals surface area contributed by atoms with Gasteiger partial charge >= 0.3 is 11.4 Å². The van der Waals surface area contributed by atoms with Gasteiger partial charge in [-0.05, 0) is 42.7 Å². The average molecular weight is 544 g/mol. The highest BCUT2D eigenvalue weighted by molar-refractivity contribution is 6.13. The van der Waals surface area contributed by atoms with E-state index in [9.17, 15) is 24.3 Å². The van der Waals surface area contributed by atoms with Gasteiger partial charge in [-0.15, -0.1) is 0 Å². The number of rotatable bonds is 4. The molecule has 3 aromatic rings. The van der Waals surface area contributed by atoms with Gasteiger partial charge in [0.05, 0.1) is 37.9 Å². The lowest BCUT2D eigenvalue weighted by Crippen LogP contribution is -2.54. The molecule has 4 atom stereocenters. The summed E-state index contributed by atoms with van der Waals surface area (Å²) in [4.78, 5) is 54.9. The standard InChI is InChI=1S/C30H29N3O7/c1-16-12-24(35)30(2)20(27(16)36)15-21-19(26(30)25-22(34)13-18(39-3)14-23(25)40-4)10-11-31-28(37)32(29(38)33(21)31)17-8-6-5-7-9-17/h5-10,12-14,20-21,26,34H,11,15H2,1-4H3/t20-,21+,26+,30-/m0/s1. The zero-order valence-corrected chi connectivity index (χ0v) is 22.6. The number of aromatic nitrogens is 3. The smallest absolute Gasteiger partial charge is 0.352 e. The van der Waals surface area contributed by atoms with Crippen LogP contribution in [-0.4, -0.2) is 44.8 Å². The molecule has 1 saturated carbocycles. The van der Waals surface area contributed by atoms with Crippen LogP contribution in [0.1, 0.15) is 37.8 Å². The molecule has 1 fully saturated rings. The number of hydrogen-bond donors (Lipinski definition) is 1. The molecule has 206 valence electrons. The Balaban J connectivity index is 1.63. The Morgan fingerprint density at radius 1 is 1.00 bits per heavy atom. The Hall–Kier alpha value is -4.60. The Morgan fingerprint density at radius 2 is 1.73 bits per heavy atom. The summed E-state index contributed by atoms with van der Waals surface area (Å²) in [6.45, 7) is 3.43. The van der Waals surface area contributed by atoms with Crippen molar-refractivity contribution >= 4 is 11.6 Å². The summed E-state index contributed by atoms with van der Waals surface area (Å²) < 4.78 is 14.9. The number of phenolic OH excluding ortho intramolecular Hbond substituents is 1. The number of hydrogen-bond acceptors (Lipinski definition) is 7. The van der Waals surface area contributed by atoms with E-state index in [0.717, 1.165) is 4.57 Å². The normalized spacial score (nSPS) is 25.4. The molecule has 0 radical (unpaired) electrons. The molecule has 2 aromatic carbocycles. The van der Waals surface area contributed by atoms with Crippen LogP contribution in [0.2, 0.25) is 0 Å². The second-order valence-corrected chi connectivity index (χ2v) is 10.7. The summed E-state index contributed by atoms with van der Waals surface area (Å²) in [5, 5.41) is 11.3. The number of methoxy groups -OCH3 is 2. The molecule has 6 rings (SSSR count). The molecule has 40 heavy (non-hydrogen) atoms. The van der Waals surface area contributed by atoms with Gasteiger partial charge in [0.2, 0.25) is 0 Å². The molecule has 0 bridgehead atoms. The molecule has 10 heteroatoms. The van der Waals surface area contributed by atoms with Crippen LogP contribution in [0.5, 0.6) is 17.2 Å². The van der Waals surface area contributed by atoms with Crippen LogP contribution in [-0.2, 0) is 16.1 Å². The van der Waals surface area contributed by atoms with E-state index in [1.807, 2.05) is 6.08 Å². The fourth-order valence-electron chi connectivity index (χ4n) is 6.81. The van der Waals surface area contributed by atoms with Crippen LogP contribution in [0.4, 0.5) is 0 Å². The number of benzene rings is 2. The van der Waals surface area contributed by atoms with Crippen LogP contribution in [0.3, 0.4) is 0 Å². The van der Waals surface area contributed by atoms with Crippen molar-refractivity contribution in [1.29, 1.82) is 0 Å². The highest BCUT2D eigenvalue weighted by Gasteiger charge is 2.60. The highest BCUT2D eigenvalue weighted by atomic mass is 16.5. The molecule has 0 unspecified atom stereocenters. The summed E-state index contributed by atoms with van der Waals surface area (Å²) in [5.41, 5.74) is -0.544. The van der Waals surface area contributed by atoms with Gasteiger partial charge < -0.3 is 14.6 Å². The van der Waals surface area contributed by atoms with Crippen LogP contribution in [0, 0.1) is 11.3 Å². The van der Waals surface area contributed by atoms with Crippen molar-refractivity contribution in [3.63, 3.8) is 0 Å². The van der Waals surface area contributed by atoms with E-state index in [1.165, 1.54) is 35.7 Å². The van der Waals surface area contributed by atoms with Crippen molar-refractivity contribution in [1.82, 2.24) is 13.9 Å². The van der Waals surface area contributed by atoms with Crippen molar-refractivity contribution in [3.05, 3.63) is 92.3 Å². The summed E-state index contributed by atoms with van der Waals surface area (Å²) in [5.74, 6) is -1.60. The van der Waals surface area contributed by atoms with Crippen molar-refractivity contribution in [3.8, 4) is 22.9 Å². The van der Waals surface area contributed by atoms with Gasteiger partial charge in [0, 0.05) is 29.5 Å². The van der Waals surface area contributed by atoms with Gasteiger partial charge in [-0.2, -0.15) is 0 Å². The Kier molecular flexibility index (Phi) is 5.76. The van der Waals surface area contributed by atoms with E-state index in [4.69, 9.17) is 9.47 Å². The number of phenols is 1. The quantitative estimate of drug-likeness (QED) is 0.502. The number of aromatic hydroxyl groups is 1. The number of allylic oxidation sites excluding steroid dienone is 4. The number of fused-ring (bicyclic) bond motifs is 4. The number of carbonyl (C=O) groups is 2. The molecule has 1 aliphatic heterocycles. The largest absolute Gasteiger partial charge is 0.507 e. The number of ether oxygens (including phenoxy) is 2. The molecule has 0 amide bonds. The van der Waals surface area contributed by atoms with Gasteiger partial charge in [-0.3, -0.25) is 9.59 Å². The number of carbonyl (C=O) groups excluding carboxylic acids is 2. The first kappa shape index (κ1) is 25.7. The summed E-state index contributed by atoms with van der Waals surface area (Å²) >= 11 is 0. The number of para-hydroxylation sites is 1. The predicted octanol–water partition coefficient (Wildman–Crippen LogP) is 2.91. The van der Waals surface area contributed by atoms with Gasteiger partial charge in [0.1, 0.15) is 17.2 Å². The molecule has 1 N–H and O–H groups in total. The molecule has 1 aromatic heterocycles. The van der Waals surface area contributed by atoms with Crippen LogP contribution >= 0.6 is 0 Å². The topological polar surface area (TPSA) is 122 Å². The predicted molar refractivity (Wildman–Crippen MR) is 145 cm³/mol. The van der Waals surface area contributed by atoms with Gasteiger partial charge in [0.25, 0.3) is 0 Å². The Bertz CT molecular complexity index is 1760. The number of nitrogens with zero attached hydrogens (tertiary/aromatic N) is 3. The van der Waals surface area contributed by atoms with Gasteiger partial charge in [0.15, 0.2) is 11.6 Å². The molecule has 0 saturated heterocycles. The minimum atomic E-state index is -1.27. The van der Waals surface area contributed by atoms with E-state index in [2.05, 4.69) is 0 Å². The minimum absolute atomic E-state index is 0.0766. The van der Waals surface area contributed by atoms with E-state index in [0.29, 0.717) is 28.1 Å². The lowest BCUT2D eigenvalue weighted by atomic mass is 9.51. The van der Waals surface area contributed by atoms with Crippen molar-refractivity contribution in [2.45, 2.75) is 38.8 Å². The SMILES string of the molecule is COc1cc(O)c([C@H]2C3=CCn4c(=O)n(-c5ccccc5)c(=O)n4[C@@H]3C[C@H]3C(=O)C(C)=CC(=O)[C@@]23C)c(OC)c1. The maximum absolute atomic E-state index is 13.9. The van der Waals surface area contributed by atoms with E-state index in [1.54, 1.807) is 50.2 Å². The Morgan fingerprint density at radius 3 is 2.40 bits per heavy atom. The molecule has 2 heterocycles. The maximum atomic E-state index is 13.9. The lowest BCUT2D eigenvalue weighted by Gasteiger charge is -2.52. The highest BCUT2D eigenvalue weighted by Crippen LogP contribution is 2.62. The number of ketones is 2. The number of Topliss-reactive ketones (excluding diaryl/α,β-unsaturated/α-hetero) is 1. The average Bonchev–Trinajstić information content (AvgIpc) is 3.21.